The van der Waals surface area contributed by atoms with Gasteiger partial charge in [-0.05, 0) is 104 Å². The second-order valence-corrected chi connectivity index (χ2v) is 17.9. The number of esters is 1. The maximum Gasteiger partial charge on any atom is 0.414 e. The summed E-state index contributed by atoms with van der Waals surface area (Å²) in [6.07, 6.45) is -1.11. The van der Waals surface area contributed by atoms with E-state index in [0.29, 0.717) is 69.9 Å². The number of halogens is 2. The van der Waals surface area contributed by atoms with E-state index in [0.717, 1.165) is 32.4 Å². The van der Waals surface area contributed by atoms with Gasteiger partial charge in [-0.3, -0.25) is 49.0 Å². The van der Waals surface area contributed by atoms with E-state index in [2.05, 4.69) is 24.6 Å². The number of hydrogen-bond acceptors (Lipinski definition) is 15. The fraction of sp³-hybridized carbons (Fsp3) is 0.311. The van der Waals surface area contributed by atoms with E-state index in [1.54, 1.807) is 109 Å². The molecule has 3 fully saturated rings. The molecule has 22 heteroatoms. The molecule has 3 saturated heterocycles. The highest BCUT2D eigenvalue weighted by atomic mass is 35.5. The minimum absolute atomic E-state index is 0.0459. The van der Waals surface area contributed by atoms with Gasteiger partial charge in [0.1, 0.15) is 30.5 Å². The van der Waals surface area contributed by atoms with Crippen molar-refractivity contribution in [1.82, 2.24) is 20.4 Å². The Balaban J connectivity index is 0.000000226. The van der Waals surface area contributed by atoms with Gasteiger partial charge < -0.3 is 24.8 Å². The Hall–Kier alpha value is -6.42. The van der Waals surface area contributed by atoms with Crippen LogP contribution in [0.25, 0.3) is 0 Å². The molecule has 4 aromatic carbocycles. The van der Waals surface area contributed by atoms with Crippen LogP contribution in [0.2, 0.25) is 10.0 Å². The van der Waals surface area contributed by atoms with E-state index in [1.165, 1.54) is 4.90 Å². The van der Waals surface area contributed by atoms with Crippen LogP contribution in [0.1, 0.15) is 38.8 Å². The monoisotopic (exact) mass is 978 g/mol. The number of rotatable bonds is 14. The van der Waals surface area contributed by atoms with Crippen LogP contribution < -0.4 is 20.4 Å². The quantitative estimate of drug-likeness (QED) is 0.0428. The Morgan fingerprint density at radius 1 is 0.657 bits per heavy atom. The van der Waals surface area contributed by atoms with Crippen molar-refractivity contribution in [2.75, 3.05) is 81.6 Å². The van der Waals surface area contributed by atoms with E-state index in [9.17, 15) is 32.4 Å². The molecule has 0 aromatic heterocycles. The Morgan fingerprint density at radius 3 is 1.49 bits per heavy atom. The maximum absolute atomic E-state index is 12.5. The Bertz CT molecular complexity index is 2560. The van der Waals surface area contributed by atoms with Gasteiger partial charge in [0.05, 0.1) is 32.5 Å². The summed E-state index contributed by atoms with van der Waals surface area (Å²) < 4.78 is 42.5. The summed E-state index contributed by atoms with van der Waals surface area (Å²) in [5.74, 6) is -1.21. The van der Waals surface area contributed by atoms with Crippen molar-refractivity contribution in [3.05, 3.63) is 129 Å². The number of hydrogen-bond donors (Lipinski definition) is 4. The Morgan fingerprint density at radius 2 is 1.06 bits per heavy atom. The number of cyclic esters (lactones) is 2. The van der Waals surface area contributed by atoms with Crippen LogP contribution >= 0.6 is 23.2 Å². The highest BCUT2D eigenvalue weighted by molar-refractivity contribution is 7.86. The molecule has 2 unspecified atom stereocenters. The molecule has 3 aliphatic rings. The molecule has 4 N–H and O–H groups in total. The third-order valence-electron chi connectivity index (χ3n) is 10.4. The number of amides is 4. The average Bonchev–Trinajstić information content (AvgIpc) is 3.87. The molecule has 4 aromatic rings. The lowest BCUT2D eigenvalue weighted by atomic mass is 10.1. The van der Waals surface area contributed by atoms with Gasteiger partial charge in [0, 0.05) is 76.4 Å². The zero-order valence-electron chi connectivity index (χ0n) is 36.4. The minimum atomic E-state index is -3.63. The van der Waals surface area contributed by atoms with E-state index in [-0.39, 0.29) is 36.9 Å². The first-order valence-electron chi connectivity index (χ1n) is 20.9. The zero-order chi connectivity index (χ0) is 48.3. The van der Waals surface area contributed by atoms with Crippen LogP contribution in [-0.4, -0.2) is 144 Å². The predicted octanol–water partition coefficient (Wildman–Crippen LogP) is 5.00. The van der Waals surface area contributed by atoms with Crippen LogP contribution in [-0.2, 0) is 33.3 Å². The first-order chi connectivity index (χ1) is 31.9. The van der Waals surface area contributed by atoms with Gasteiger partial charge in [-0.15, -0.1) is 0 Å². The summed E-state index contributed by atoms with van der Waals surface area (Å²) in [5.41, 5.74) is 2.87. The normalized spacial score (nSPS) is 17.4. The van der Waals surface area contributed by atoms with Crippen molar-refractivity contribution >= 4 is 86.3 Å². The van der Waals surface area contributed by atoms with Gasteiger partial charge in [-0.2, -0.15) is 8.42 Å². The first-order valence-corrected chi connectivity index (χ1v) is 23.4. The van der Waals surface area contributed by atoms with Crippen molar-refractivity contribution in [2.24, 2.45) is 0 Å². The molecule has 0 spiro atoms. The number of ether oxygens (including phenoxy) is 3. The lowest BCUT2D eigenvalue weighted by molar-refractivity contribution is -0.144. The fourth-order valence-electron chi connectivity index (χ4n) is 6.99. The zero-order valence-corrected chi connectivity index (χ0v) is 38.7. The molecule has 19 nitrogen and oxygen atoms in total. The van der Waals surface area contributed by atoms with Crippen molar-refractivity contribution in [3.8, 4) is 0 Å². The SMILES string of the molecule is CCOC(=O)CN1CCN(CC2CN(c3ccc(C(=N)NC(=O)c4ccc(Cl)cc4)cc3)C(=O)O2)CC1.CS(=O)(=O)OCC1CN(c2ccc(C(=N)NC(=O)c3ccc(Cl)cc3)cc2)C(=O)O1. The number of carbonyl (C=O) groups excluding carboxylic acids is 5. The highest BCUT2D eigenvalue weighted by Crippen LogP contribution is 2.25. The molecule has 0 aliphatic carbocycles. The van der Waals surface area contributed by atoms with Gasteiger partial charge in [0.15, 0.2) is 0 Å². The number of nitrogens with one attached hydrogen (secondary N) is 4. The van der Waals surface area contributed by atoms with Gasteiger partial charge in [0.2, 0.25) is 0 Å². The van der Waals surface area contributed by atoms with Crippen LogP contribution in [0.15, 0.2) is 97.1 Å². The summed E-state index contributed by atoms with van der Waals surface area (Å²) in [6, 6.07) is 25.9. The molecule has 0 saturated carbocycles. The lowest BCUT2D eigenvalue weighted by Crippen LogP contribution is -2.50. The van der Waals surface area contributed by atoms with Crippen molar-refractivity contribution in [3.63, 3.8) is 0 Å². The number of carbonyl (C=O) groups is 5. The van der Waals surface area contributed by atoms with Crippen molar-refractivity contribution < 1.29 is 50.8 Å². The van der Waals surface area contributed by atoms with E-state index in [1.807, 2.05) is 0 Å². The van der Waals surface area contributed by atoms with Crippen LogP contribution in [0.5, 0.6) is 0 Å². The predicted molar refractivity (Wildman–Crippen MR) is 250 cm³/mol. The molecular formula is C45H48Cl2N8O11S. The number of anilines is 2. The molecular weight excluding hydrogens is 932 g/mol. The molecule has 0 radical (unpaired) electrons. The van der Waals surface area contributed by atoms with Crippen LogP contribution in [0, 0.1) is 10.8 Å². The standard InChI is InChI=1S/C26H30ClN5O5.C19H18ClN3O6S/c1-2-36-23(33)17-31-13-11-30(12-14-31)15-22-16-32(26(35)37-22)21-9-5-18(6-10-21)24(28)29-25(34)19-3-7-20(27)8-4-19;1-30(26,27)28-11-16-10-23(19(25)29-16)15-8-4-12(5-9-15)17(21)22-18(24)13-2-6-14(20)7-3-13/h3-10,22H,2,11-17H2,1H3,(H2,28,29,34);2-9,16H,10-11H2,1H3,(H2,21,22,24). The number of nitrogens with zero attached hydrogens (tertiary/aromatic N) is 4. The molecule has 3 heterocycles. The largest absolute Gasteiger partial charge is 0.465 e. The lowest BCUT2D eigenvalue weighted by Gasteiger charge is -2.34. The summed E-state index contributed by atoms with van der Waals surface area (Å²) in [6.45, 7) is 6.46. The molecule has 7 rings (SSSR count). The van der Waals surface area contributed by atoms with E-state index >= 15 is 0 Å². The van der Waals surface area contributed by atoms with Crippen molar-refractivity contribution in [2.45, 2.75) is 19.1 Å². The van der Waals surface area contributed by atoms with Crippen LogP contribution in [0.3, 0.4) is 0 Å². The number of piperazine rings is 1. The molecule has 3 aliphatic heterocycles. The van der Waals surface area contributed by atoms with Crippen molar-refractivity contribution in [1.29, 1.82) is 10.8 Å². The second-order valence-electron chi connectivity index (χ2n) is 15.4. The summed E-state index contributed by atoms with van der Waals surface area (Å²) in [4.78, 5) is 68.0. The summed E-state index contributed by atoms with van der Waals surface area (Å²) >= 11 is 11.7. The minimum Gasteiger partial charge on any atom is -0.465 e. The molecule has 0 bridgehead atoms. The Kier molecular flexibility index (Phi) is 17.1. The third-order valence-corrected chi connectivity index (χ3v) is 11.5. The number of benzene rings is 4. The topological polar surface area (TPSA) is 241 Å². The molecule has 2 atom stereocenters. The number of amidine groups is 2. The summed E-state index contributed by atoms with van der Waals surface area (Å²) in [7, 11) is -3.63. The highest BCUT2D eigenvalue weighted by Gasteiger charge is 2.35. The van der Waals surface area contributed by atoms with Gasteiger partial charge in [0.25, 0.3) is 21.9 Å². The third kappa shape index (κ3) is 14.5. The molecule has 354 valence electrons. The van der Waals surface area contributed by atoms with E-state index < -0.39 is 40.2 Å². The van der Waals surface area contributed by atoms with Gasteiger partial charge in [-0.1, -0.05) is 23.2 Å². The smallest absolute Gasteiger partial charge is 0.414 e. The average molecular weight is 980 g/mol. The van der Waals surface area contributed by atoms with Gasteiger partial charge in [-0.25, -0.2) is 9.59 Å². The first kappa shape index (κ1) is 50.0. The molecule has 67 heavy (non-hydrogen) atoms. The molecule has 4 amide bonds. The maximum atomic E-state index is 12.5. The Labute approximate surface area is 396 Å². The fourth-order valence-corrected chi connectivity index (χ4v) is 7.64. The summed E-state index contributed by atoms with van der Waals surface area (Å²) in [5, 5.41) is 22.4. The van der Waals surface area contributed by atoms with Crippen LogP contribution in [0.4, 0.5) is 21.0 Å². The van der Waals surface area contributed by atoms with Gasteiger partial charge >= 0.3 is 18.2 Å². The van der Waals surface area contributed by atoms with E-state index in [4.69, 9.17) is 48.2 Å². The second kappa shape index (κ2) is 22.9.